The van der Waals surface area contributed by atoms with E-state index in [-0.39, 0.29) is 0 Å². The molecule has 0 saturated heterocycles. The summed E-state index contributed by atoms with van der Waals surface area (Å²) >= 11 is 6.46. The highest BCUT2D eigenvalue weighted by molar-refractivity contribution is 6.32. The zero-order valence-corrected chi connectivity index (χ0v) is 16.8. The van der Waals surface area contributed by atoms with Gasteiger partial charge >= 0.3 is 0 Å². The van der Waals surface area contributed by atoms with Crippen molar-refractivity contribution < 1.29 is 14.2 Å². The smallest absolute Gasteiger partial charge is 0.180 e. The molecule has 0 spiro atoms. The standard InChI is InChI=1S/C23H24ClNO3/c1-26-20-10-8-17(9-11-20)14-25-15-19-12-21(24)23(22(13-19)27-2)28-16-18-6-4-3-5-7-18/h3-13,25H,14-16H2,1-2H3. The molecule has 0 unspecified atom stereocenters. The Morgan fingerprint density at radius 2 is 1.50 bits per heavy atom. The molecule has 0 heterocycles. The van der Waals surface area contributed by atoms with E-state index in [2.05, 4.69) is 5.32 Å². The molecule has 0 bridgehead atoms. The number of rotatable bonds is 9. The lowest BCUT2D eigenvalue weighted by molar-refractivity contribution is 0.284. The van der Waals surface area contributed by atoms with Crippen LogP contribution in [0.2, 0.25) is 5.02 Å². The first-order chi connectivity index (χ1) is 13.7. The SMILES string of the molecule is COc1ccc(CNCc2cc(Cl)c(OCc3ccccc3)c(OC)c2)cc1. The second-order valence-corrected chi connectivity index (χ2v) is 6.74. The molecule has 0 atom stereocenters. The van der Waals surface area contributed by atoms with E-state index in [1.54, 1.807) is 14.2 Å². The lowest BCUT2D eigenvalue weighted by atomic mass is 10.1. The van der Waals surface area contributed by atoms with Gasteiger partial charge in [-0.3, -0.25) is 0 Å². The molecular formula is C23H24ClNO3. The van der Waals surface area contributed by atoms with Crippen molar-refractivity contribution in [1.82, 2.24) is 5.32 Å². The molecule has 0 aliphatic carbocycles. The van der Waals surface area contributed by atoms with Crippen LogP contribution in [-0.2, 0) is 19.7 Å². The Kier molecular flexibility index (Phi) is 7.18. The molecule has 0 amide bonds. The van der Waals surface area contributed by atoms with E-state index in [4.69, 9.17) is 25.8 Å². The van der Waals surface area contributed by atoms with Crippen molar-refractivity contribution in [2.24, 2.45) is 0 Å². The van der Waals surface area contributed by atoms with Gasteiger partial charge < -0.3 is 19.5 Å². The van der Waals surface area contributed by atoms with E-state index < -0.39 is 0 Å². The molecule has 3 rings (SSSR count). The fourth-order valence-corrected chi connectivity index (χ4v) is 3.13. The van der Waals surface area contributed by atoms with Gasteiger partial charge in [-0.2, -0.15) is 0 Å². The lowest BCUT2D eigenvalue weighted by Crippen LogP contribution is -2.13. The van der Waals surface area contributed by atoms with Crippen LogP contribution in [0.25, 0.3) is 0 Å². The zero-order chi connectivity index (χ0) is 19.8. The quantitative estimate of drug-likeness (QED) is 0.537. The summed E-state index contributed by atoms with van der Waals surface area (Å²) in [5.74, 6) is 2.04. The van der Waals surface area contributed by atoms with Crippen LogP contribution in [0.5, 0.6) is 17.2 Å². The zero-order valence-electron chi connectivity index (χ0n) is 16.1. The summed E-state index contributed by atoms with van der Waals surface area (Å²) in [7, 11) is 3.28. The molecule has 0 aliphatic rings. The van der Waals surface area contributed by atoms with Crippen molar-refractivity contribution in [1.29, 1.82) is 0 Å². The molecule has 5 heteroatoms. The maximum atomic E-state index is 6.46. The first kappa shape index (κ1) is 20.1. The monoisotopic (exact) mass is 397 g/mol. The van der Waals surface area contributed by atoms with Gasteiger partial charge in [0.15, 0.2) is 11.5 Å². The van der Waals surface area contributed by atoms with Crippen molar-refractivity contribution in [3.63, 3.8) is 0 Å². The molecule has 28 heavy (non-hydrogen) atoms. The number of hydrogen-bond donors (Lipinski definition) is 1. The van der Waals surface area contributed by atoms with Crippen LogP contribution in [0.1, 0.15) is 16.7 Å². The van der Waals surface area contributed by atoms with Crippen LogP contribution >= 0.6 is 11.6 Å². The van der Waals surface area contributed by atoms with Gasteiger partial charge in [-0.05, 0) is 41.0 Å². The van der Waals surface area contributed by atoms with E-state index in [1.165, 1.54) is 5.56 Å². The topological polar surface area (TPSA) is 39.7 Å². The Balaban J connectivity index is 1.61. The molecule has 0 radical (unpaired) electrons. The number of ether oxygens (including phenoxy) is 3. The summed E-state index contributed by atoms with van der Waals surface area (Å²) in [6.07, 6.45) is 0. The Morgan fingerprint density at radius 1 is 0.786 bits per heavy atom. The number of nitrogens with one attached hydrogen (secondary N) is 1. The summed E-state index contributed by atoms with van der Waals surface area (Å²) in [4.78, 5) is 0. The Hall–Kier alpha value is -2.69. The lowest BCUT2D eigenvalue weighted by Gasteiger charge is -2.15. The average Bonchev–Trinajstić information content (AvgIpc) is 2.74. The highest BCUT2D eigenvalue weighted by atomic mass is 35.5. The van der Waals surface area contributed by atoms with Crippen molar-refractivity contribution in [3.05, 3.63) is 88.4 Å². The van der Waals surface area contributed by atoms with Gasteiger partial charge in [-0.1, -0.05) is 54.1 Å². The largest absolute Gasteiger partial charge is 0.497 e. The van der Waals surface area contributed by atoms with E-state index in [0.29, 0.717) is 29.7 Å². The van der Waals surface area contributed by atoms with E-state index in [1.807, 2.05) is 66.7 Å². The first-order valence-electron chi connectivity index (χ1n) is 9.06. The second kappa shape index (κ2) is 10.0. The third-order valence-electron chi connectivity index (χ3n) is 4.33. The summed E-state index contributed by atoms with van der Waals surface area (Å²) < 4.78 is 16.6. The molecule has 0 saturated carbocycles. The second-order valence-electron chi connectivity index (χ2n) is 6.33. The Morgan fingerprint density at radius 3 is 2.18 bits per heavy atom. The van der Waals surface area contributed by atoms with Crippen molar-refractivity contribution >= 4 is 11.6 Å². The molecule has 1 N–H and O–H groups in total. The van der Waals surface area contributed by atoms with Crippen LogP contribution in [0.4, 0.5) is 0 Å². The number of hydrogen-bond acceptors (Lipinski definition) is 4. The van der Waals surface area contributed by atoms with Gasteiger partial charge in [-0.25, -0.2) is 0 Å². The van der Waals surface area contributed by atoms with Crippen molar-refractivity contribution in [3.8, 4) is 17.2 Å². The fourth-order valence-electron chi connectivity index (χ4n) is 2.84. The van der Waals surface area contributed by atoms with Crippen LogP contribution < -0.4 is 19.5 Å². The molecular weight excluding hydrogens is 374 g/mol. The van der Waals surface area contributed by atoms with Crippen LogP contribution in [0.3, 0.4) is 0 Å². The van der Waals surface area contributed by atoms with Crippen LogP contribution in [0, 0.1) is 0 Å². The minimum atomic E-state index is 0.436. The molecule has 0 fully saturated rings. The summed E-state index contributed by atoms with van der Waals surface area (Å²) in [5.41, 5.74) is 3.29. The van der Waals surface area contributed by atoms with Crippen LogP contribution in [-0.4, -0.2) is 14.2 Å². The molecule has 3 aromatic rings. The van der Waals surface area contributed by atoms with E-state index in [0.717, 1.165) is 23.4 Å². The summed E-state index contributed by atoms with van der Waals surface area (Å²) in [5, 5.41) is 3.95. The third-order valence-corrected chi connectivity index (χ3v) is 4.61. The number of benzene rings is 3. The Labute approximate surface area is 171 Å². The molecule has 0 aliphatic heterocycles. The minimum absolute atomic E-state index is 0.436. The minimum Gasteiger partial charge on any atom is -0.497 e. The molecule has 0 aromatic heterocycles. The van der Waals surface area contributed by atoms with E-state index >= 15 is 0 Å². The van der Waals surface area contributed by atoms with Gasteiger partial charge in [0.25, 0.3) is 0 Å². The molecule has 146 valence electrons. The van der Waals surface area contributed by atoms with E-state index in [9.17, 15) is 0 Å². The number of halogens is 1. The average molecular weight is 398 g/mol. The normalized spacial score (nSPS) is 10.5. The fraction of sp³-hybridized carbons (Fsp3) is 0.217. The van der Waals surface area contributed by atoms with Crippen molar-refractivity contribution in [2.75, 3.05) is 14.2 Å². The summed E-state index contributed by atoms with van der Waals surface area (Å²) in [6.45, 7) is 1.85. The Bertz CT molecular complexity index is 882. The van der Waals surface area contributed by atoms with Crippen LogP contribution in [0.15, 0.2) is 66.7 Å². The summed E-state index contributed by atoms with van der Waals surface area (Å²) in [6, 6.07) is 21.8. The van der Waals surface area contributed by atoms with Gasteiger partial charge in [0.1, 0.15) is 12.4 Å². The predicted octanol–water partition coefficient (Wildman–Crippen LogP) is 5.23. The maximum Gasteiger partial charge on any atom is 0.180 e. The first-order valence-corrected chi connectivity index (χ1v) is 9.44. The van der Waals surface area contributed by atoms with Crippen molar-refractivity contribution in [2.45, 2.75) is 19.7 Å². The maximum absolute atomic E-state index is 6.46. The molecule has 4 nitrogen and oxygen atoms in total. The highest BCUT2D eigenvalue weighted by Gasteiger charge is 2.12. The van der Waals surface area contributed by atoms with Gasteiger partial charge in [-0.15, -0.1) is 0 Å². The van der Waals surface area contributed by atoms with Gasteiger partial charge in [0, 0.05) is 13.1 Å². The molecule has 3 aromatic carbocycles. The van der Waals surface area contributed by atoms with Gasteiger partial charge in [0.2, 0.25) is 0 Å². The third kappa shape index (κ3) is 5.41. The predicted molar refractivity (Wildman–Crippen MR) is 112 cm³/mol. The number of methoxy groups -OCH3 is 2. The van der Waals surface area contributed by atoms with Gasteiger partial charge in [0.05, 0.1) is 19.2 Å². The highest BCUT2D eigenvalue weighted by Crippen LogP contribution is 2.37.